The number of hydrogen-bond acceptors (Lipinski definition) is 2. The molecule has 0 unspecified atom stereocenters. The monoisotopic (exact) mass is 182 g/mol. The second kappa shape index (κ2) is 3.40. The Morgan fingerprint density at radius 3 is 2.83 bits per heavy atom. The molecule has 3 heteroatoms. The van der Waals surface area contributed by atoms with Crippen LogP contribution < -0.4 is 0 Å². The van der Waals surface area contributed by atoms with Crippen LogP contribution in [0.3, 0.4) is 0 Å². The Bertz CT molecular complexity index is 286. The van der Waals surface area contributed by atoms with Gasteiger partial charge in [0.15, 0.2) is 0 Å². The Labute approximate surface area is 77.0 Å². The third-order valence-electron chi connectivity index (χ3n) is 2.32. The molecular formula is C9H11ClN2. The van der Waals surface area contributed by atoms with Crippen LogP contribution in [0.4, 0.5) is 0 Å². The van der Waals surface area contributed by atoms with Crippen molar-refractivity contribution in [3.8, 4) is 0 Å². The van der Waals surface area contributed by atoms with Crippen molar-refractivity contribution in [3.63, 3.8) is 0 Å². The van der Waals surface area contributed by atoms with Crippen LogP contribution in [0.2, 0.25) is 5.15 Å². The topological polar surface area (TPSA) is 25.8 Å². The van der Waals surface area contributed by atoms with E-state index in [2.05, 4.69) is 9.97 Å². The summed E-state index contributed by atoms with van der Waals surface area (Å²) in [5, 5.41) is 0.655. The van der Waals surface area contributed by atoms with Crippen molar-refractivity contribution in [1.29, 1.82) is 0 Å². The van der Waals surface area contributed by atoms with Gasteiger partial charge in [-0.2, -0.15) is 0 Å². The zero-order valence-electron chi connectivity index (χ0n) is 6.89. The molecule has 2 nitrogen and oxygen atoms in total. The summed E-state index contributed by atoms with van der Waals surface area (Å²) in [7, 11) is 0. The Morgan fingerprint density at radius 1 is 1.08 bits per heavy atom. The number of hydrogen-bond donors (Lipinski definition) is 0. The highest BCUT2D eigenvalue weighted by molar-refractivity contribution is 6.30. The van der Waals surface area contributed by atoms with Gasteiger partial charge in [0.25, 0.3) is 0 Å². The summed E-state index contributed by atoms with van der Waals surface area (Å²) in [4.78, 5) is 8.23. The molecule has 1 aromatic rings. The lowest BCUT2D eigenvalue weighted by Gasteiger charge is -2.03. The van der Waals surface area contributed by atoms with Crippen LogP contribution in [0.25, 0.3) is 0 Å². The summed E-state index contributed by atoms with van der Waals surface area (Å²) in [6, 6.07) is 0. The van der Waals surface area contributed by atoms with Crippen LogP contribution in [0.15, 0.2) is 6.33 Å². The lowest BCUT2D eigenvalue weighted by atomic mass is 10.1. The van der Waals surface area contributed by atoms with Crippen molar-refractivity contribution in [3.05, 3.63) is 22.7 Å². The molecule has 2 rings (SSSR count). The highest BCUT2D eigenvalue weighted by atomic mass is 35.5. The smallest absolute Gasteiger partial charge is 0.135 e. The fraction of sp³-hybridized carbons (Fsp3) is 0.556. The van der Waals surface area contributed by atoms with Crippen molar-refractivity contribution < 1.29 is 0 Å². The lowest BCUT2D eigenvalue weighted by molar-refractivity contribution is 0.708. The molecule has 1 aliphatic rings. The summed E-state index contributed by atoms with van der Waals surface area (Å²) in [6.07, 6.45) is 7.42. The number of aryl methyl sites for hydroxylation is 1. The van der Waals surface area contributed by atoms with Crippen molar-refractivity contribution in [2.45, 2.75) is 32.1 Å². The van der Waals surface area contributed by atoms with E-state index in [1.54, 1.807) is 6.33 Å². The molecular weight excluding hydrogens is 172 g/mol. The van der Waals surface area contributed by atoms with E-state index in [4.69, 9.17) is 11.6 Å². The minimum Gasteiger partial charge on any atom is -0.241 e. The maximum absolute atomic E-state index is 5.96. The largest absolute Gasteiger partial charge is 0.241 e. The van der Waals surface area contributed by atoms with Crippen LogP contribution in [0, 0.1) is 0 Å². The highest BCUT2D eigenvalue weighted by Gasteiger charge is 2.12. The van der Waals surface area contributed by atoms with E-state index < -0.39 is 0 Å². The number of rotatable bonds is 0. The molecule has 0 fully saturated rings. The van der Waals surface area contributed by atoms with Gasteiger partial charge in [-0.3, -0.25) is 0 Å². The molecule has 1 heterocycles. The van der Waals surface area contributed by atoms with Gasteiger partial charge in [0.2, 0.25) is 0 Å². The van der Waals surface area contributed by atoms with E-state index >= 15 is 0 Å². The molecule has 1 aromatic heterocycles. The molecule has 0 saturated carbocycles. The first-order valence-corrected chi connectivity index (χ1v) is 4.74. The predicted molar refractivity (Wildman–Crippen MR) is 48.3 cm³/mol. The molecule has 0 aromatic carbocycles. The zero-order valence-corrected chi connectivity index (χ0v) is 7.64. The third kappa shape index (κ3) is 1.44. The second-order valence-corrected chi connectivity index (χ2v) is 3.51. The first-order chi connectivity index (χ1) is 5.88. The first-order valence-electron chi connectivity index (χ1n) is 4.36. The van der Waals surface area contributed by atoms with E-state index in [1.165, 1.54) is 24.8 Å². The second-order valence-electron chi connectivity index (χ2n) is 3.15. The van der Waals surface area contributed by atoms with Gasteiger partial charge in [-0.25, -0.2) is 9.97 Å². The average molecular weight is 183 g/mol. The van der Waals surface area contributed by atoms with Crippen molar-refractivity contribution in [1.82, 2.24) is 9.97 Å². The molecule has 0 bridgehead atoms. The molecule has 64 valence electrons. The first kappa shape index (κ1) is 7.99. The summed E-state index contributed by atoms with van der Waals surface area (Å²) in [5.74, 6) is 0. The van der Waals surface area contributed by atoms with Gasteiger partial charge in [0.1, 0.15) is 11.5 Å². The minimum atomic E-state index is 0.655. The van der Waals surface area contributed by atoms with Crippen molar-refractivity contribution in [2.24, 2.45) is 0 Å². The van der Waals surface area contributed by atoms with E-state index in [0.29, 0.717) is 5.15 Å². The van der Waals surface area contributed by atoms with Gasteiger partial charge in [0.05, 0.1) is 0 Å². The molecule has 0 atom stereocenters. The number of fused-ring (bicyclic) bond motifs is 1. The highest BCUT2D eigenvalue weighted by Crippen LogP contribution is 2.23. The lowest BCUT2D eigenvalue weighted by Crippen LogP contribution is -1.97. The van der Waals surface area contributed by atoms with Crippen LogP contribution in [-0.4, -0.2) is 9.97 Å². The number of nitrogens with zero attached hydrogens (tertiary/aromatic N) is 2. The SMILES string of the molecule is Clc1ncnc2c1CCCCC2. The fourth-order valence-corrected chi connectivity index (χ4v) is 1.91. The third-order valence-corrected chi connectivity index (χ3v) is 2.65. The van der Waals surface area contributed by atoms with Crippen LogP contribution in [0.1, 0.15) is 30.5 Å². The fourth-order valence-electron chi connectivity index (χ4n) is 1.66. The maximum Gasteiger partial charge on any atom is 0.135 e. The van der Waals surface area contributed by atoms with Crippen LogP contribution in [0.5, 0.6) is 0 Å². The molecule has 0 aliphatic heterocycles. The van der Waals surface area contributed by atoms with Gasteiger partial charge in [0, 0.05) is 11.3 Å². The van der Waals surface area contributed by atoms with Gasteiger partial charge in [-0.15, -0.1) is 0 Å². The summed E-state index contributed by atoms with van der Waals surface area (Å²) < 4.78 is 0. The Balaban J connectivity index is 2.42. The van der Waals surface area contributed by atoms with Gasteiger partial charge < -0.3 is 0 Å². The van der Waals surface area contributed by atoms with E-state index in [1.807, 2.05) is 0 Å². The van der Waals surface area contributed by atoms with Gasteiger partial charge >= 0.3 is 0 Å². The molecule has 0 N–H and O–H groups in total. The zero-order chi connectivity index (χ0) is 8.39. The number of halogens is 1. The molecule has 0 radical (unpaired) electrons. The van der Waals surface area contributed by atoms with E-state index in [-0.39, 0.29) is 0 Å². The average Bonchev–Trinajstić information content (AvgIpc) is 2.30. The Kier molecular flexibility index (Phi) is 2.26. The summed E-state index contributed by atoms with van der Waals surface area (Å²) >= 11 is 5.96. The van der Waals surface area contributed by atoms with E-state index in [0.717, 1.165) is 18.5 Å². The summed E-state index contributed by atoms with van der Waals surface area (Å²) in [5.41, 5.74) is 2.34. The molecule has 0 saturated heterocycles. The number of aromatic nitrogens is 2. The Morgan fingerprint density at radius 2 is 1.92 bits per heavy atom. The van der Waals surface area contributed by atoms with Crippen LogP contribution in [-0.2, 0) is 12.8 Å². The summed E-state index contributed by atoms with van der Waals surface area (Å²) in [6.45, 7) is 0. The minimum absolute atomic E-state index is 0.655. The van der Waals surface area contributed by atoms with Crippen LogP contribution >= 0.6 is 11.6 Å². The quantitative estimate of drug-likeness (QED) is 0.455. The normalized spacial score (nSPS) is 16.8. The molecule has 12 heavy (non-hydrogen) atoms. The van der Waals surface area contributed by atoms with E-state index in [9.17, 15) is 0 Å². The van der Waals surface area contributed by atoms with Crippen molar-refractivity contribution in [2.75, 3.05) is 0 Å². The maximum atomic E-state index is 5.96. The predicted octanol–water partition coefficient (Wildman–Crippen LogP) is 2.40. The molecule has 1 aliphatic carbocycles. The molecule has 0 amide bonds. The molecule has 0 spiro atoms. The van der Waals surface area contributed by atoms with Gasteiger partial charge in [-0.05, 0) is 25.7 Å². The van der Waals surface area contributed by atoms with Gasteiger partial charge in [-0.1, -0.05) is 18.0 Å². The van der Waals surface area contributed by atoms with Crippen molar-refractivity contribution >= 4 is 11.6 Å². The Hall–Kier alpha value is -0.630. The standard InChI is InChI=1S/C9H11ClN2/c10-9-7-4-2-1-3-5-8(7)11-6-12-9/h6H,1-5H2.